The maximum absolute atomic E-state index is 11.4. The second kappa shape index (κ2) is 6.80. The largest absolute Gasteiger partial charge is 0.351 e. The number of carbonyl (C=O) groups excluding carboxylic acids is 1. The van der Waals surface area contributed by atoms with Gasteiger partial charge in [0.05, 0.1) is 0 Å². The zero-order valence-electron chi connectivity index (χ0n) is 9.52. The van der Waals surface area contributed by atoms with Crippen LogP contribution >= 0.6 is 0 Å². The molecule has 3 N–H and O–H groups in total. The summed E-state index contributed by atoms with van der Waals surface area (Å²) in [7, 11) is 0. The van der Waals surface area contributed by atoms with Crippen molar-refractivity contribution in [3.8, 4) is 0 Å². The number of benzene rings is 1. The standard InChI is InChI=1S/C13H18N2O/c1-2-12(14)10-15-13(16)9-8-11-6-4-3-5-7-11/h3-9,12H,2,10,14H2,1H3,(H,15,16). The fraction of sp³-hybridized carbons (Fsp3) is 0.308. The number of nitrogens with one attached hydrogen (secondary N) is 1. The fourth-order valence-electron chi connectivity index (χ4n) is 1.17. The second-order valence-corrected chi connectivity index (χ2v) is 3.66. The van der Waals surface area contributed by atoms with Gasteiger partial charge in [0.25, 0.3) is 0 Å². The third-order valence-corrected chi connectivity index (χ3v) is 2.29. The minimum Gasteiger partial charge on any atom is -0.351 e. The Kier molecular flexibility index (Phi) is 5.29. The van der Waals surface area contributed by atoms with E-state index in [1.807, 2.05) is 37.3 Å². The summed E-state index contributed by atoms with van der Waals surface area (Å²) in [5.74, 6) is -0.104. The molecule has 1 aromatic rings. The van der Waals surface area contributed by atoms with Crippen LogP contribution in [0.15, 0.2) is 36.4 Å². The maximum Gasteiger partial charge on any atom is 0.244 e. The van der Waals surface area contributed by atoms with E-state index in [2.05, 4.69) is 5.32 Å². The van der Waals surface area contributed by atoms with Gasteiger partial charge < -0.3 is 11.1 Å². The molecule has 1 rings (SSSR count). The molecule has 0 fully saturated rings. The van der Waals surface area contributed by atoms with Crippen LogP contribution in [0.2, 0.25) is 0 Å². The highest BCUT2D eigenvalue weighted by Crippen LogP contribution is 2.00. The summed E-state index contributed by atoms with van der Waals surface area (Å²) in [6.07, 6.45) is 4.17. The van der Waals surface area contributed by atoms with Crippen molar-refractivity contribution in [2.24, 2.45) is 5.73 Å². The third kappa shape index (κ3) is 4.75. The normalized spacial score (nSPS) is 12.6. The van der Waals surface area contributed by atoms with E-state index in [-0.39, 0.29) is 11.9 Å². The van der Waals surface area contributed by atoms with Crippen LogP contribution in [0, 0.1) is 0 Å². The summed E-state index contributed by atoms with van der Waals surface area (Å²) in [5.41, 5.74) is 6.70. The van der Waals surface area contributed by atoms with Crippen LogP contribution in [0.3, 0.4) is 0 Å². The number of amides is 1. The highest BCUT2D eigenvalue weighted by Gasteiger charge is 2.00. The third-order valence-electron chi connectivity index (χ3n) is 2.29. The van der Waals surface area contributed by atoms with Gasteiger partial charge in [-0.25, -0.2) is 0 Å². The topological polar surface area (TPSA) is 55.1 Å². The van der Waals surface area contributed by atoms with E-state index in [1.165, 1.54) is 6.08 Å². The Bertz CT molecular complexity index is 346. The van der Waals surface area contributed by atoms with Gasteiger partial charge in [-0.1, -0.05) is 37.3 Å². The molecule has 0 aliphatic rings. The number of rotatable bonds is 5. The van der Waals surface area contributed by atoms with E-state index in [4.69, 9.17) is 5.73 Å². The van der Waals surface area contributed by atoms with Gasteiger partial charge in [-0.2, -0.15) is 0 Å². The number of hydrogen-bond acceptors (Lipinski definition) is 2. The first kappa shape index (κ1) is 12.5. The van der Waals surface area contributed by atoms with Crippen molar-refractivity contribution in [2.75, 3.05) is 6.54 Å². The summed E-state index contributed by atoms with van der Waals surface area (Å²) >= 11 is 0. The van der Waals surface area contributed by atoms with Gasteiger partial charge in [0.15, 0.2) is 0 Å². The monoisotopic (exact) mass is 218 g/mol. The molecule has 3 heteroatoms. The lowest BCUT2D eigenvalue weighted by Crippen LogP contribution is -2.35. The van der Waals surface area contributed by atoms with E-state index in [1.54, 1.807) is 6.08 Å². The molecule has 0 saturated heterocycles. The van der Waals surface area contributed by atoms with Crippen LogP contribution in [-0.4, -0.2) is 18.5 Å². The van der Waals surface area contributed by atoms with E-state index in [9.17, 15) is 4.79 Å². The summed E-state index contributed by atoms with van der Waals surface area (Å²) in [6.45, 7) is 2.52. The molecule has 1 unspecified atom stereocenters. The lowest BCUT2D eigenvalue weighted by atomic mass is 10.2. The molecule has 1 aromatic carbocycles. The molecule has 0 radical (unpaired) electrons. The highest BCUT2D eigenvalue weighted by molar-refractivity contribution is 5.91. The van der Waals surface area contributed by atoms with Gasteiger partial charge in [0.2, 0.25) is 5.91 Å². The molecule has 0 bridgehead atoms. The first-order valence-electron chi connectivity index (χ1n) is 5.49. The van der Waals surface area contributed by atoms with Crippen molar-refractivity contribution < 1.29 is 4.79 Å². The molecule has 0 aliphatic heterocycles. The molecular weight excluding hydrogens is 200 g/mol. The Hall–Kier alpha value is -1.61. The van der Waals surface area contributed by atoms with Crippen molar-refractivity contribution in [2.45, 2.75) is 19.4 Å². The average molecular weight is 218 g/mol. The first-order chi connectivity index (χ1) is 7.72. The average Bonchev–Trinajstić information content (AvgIpc) is 2.34. The fourth-order valence-corrected chi connectivity index (χ4v) is 1.17. The van der Waals surface area contributed by atoms with E-state index >= 15 is 0 Å². The van der Waals surface area contributed by atoms with Gasteiger partial charge in [0, 0.05) is 18.7 Å². The molecule has 1 atom stereocenters. The Morgan fingerprint density at radius 1 is 1.44 bits per heavy atom. The molecule has 16 heavy (non-hydrogen) atoms. The highest BCUT2D eigenvalue weighted by atomic mass is 16.1. The summed E-state index contributed by atoms with van der Waals surface area (Å²) in [4.78, 5) is 11.4. The van der Waals surface area contributed by atoms with Crippen LogP contribution in [0.5, 0.6) is 0 Å². The molecule has 1 amide bonds. The second-order valence-electron chi connectivity index (χ2n) is 3.66. The molecule has 86 valence electrons. The number of hydrogen-bond donors (Lipinski definition) is 2. The molecule has 0 aliphatic carbocycles. The van der Waals surface area contributed by atoms with Gasteiger partial charge >= 0.3 is 0 Å². The van der Waals surface area contributed by atoms with Crippen molar-refractivity contribution >= 4 is 12.0 Å². The van der Waals surface area contributed by atoms with Crippen molar-refractivity contribution in [1.29, 1.82) is 0 Å². The summed E-state index contributed by atoms with van der Waals surface area (Å²) < 4.78 is 0. The molecule has 0 aromatic heterocycles. The predicted octanol–water partition coefficient (Wildman–Crippen LogP) is 1.55. The minimum atomic E-state index is -0.104. The van der Waals surface area contributed by atoms with Gasteiger partial charge in [-0.05, 0) is 18.1 Å². The lowest BCUT2D eigenvalue weighted by molar-refractivity contribution is -0.116. The maximum atomic E-state index is 11.4. The Balaban J connectivity index is 2.37. The molecule has 3 nitrogen and oxygen atoms in total. The first-order valence-corrected chi connectivity index (χ1v) is 5.49. The van der Waals surface area contributed by atoms with Crippen molar-refractivity contribution in [3.63, 3.8) is 0 Å². The van der Waals surface area contributed by atoms with Crippen LogP contribution in [0.1, 0.15) is 18.9 Å². The summed E-state index contributed by atoms with van der Waals surface area (Å²) in [6, 6.07) is 9.74. The number of nitrogens with two attached hydrogens (primary N) is 1. The van der Waals surface area contributed by atoms with Gasteiger partial charge in [-0.3, -0.25) is 4.79 Å². The van der Waals surface area contributed by atoms with E-state index < -0.39 is 0 Å². The predicted molar refractivity (Wildman–Crippen MR) is 66.8 cm³/mol. The lowest BCUT2D eigenvalue weighted by Gasteiger charge is -2.08. The van der Waals surface area contributed by atoms with Crippen LogP contribution in [0.25, 0.3) is 6.08 Å². The van der Waals surface area contributed by atoms with Crippen LogP contribution in [-0.2, 0) is 4.79 Å². The Morgan fingerprint density at radius 3 is 2.75 bits per heavy atom. The van der Waals surface area contributed by atoms with Crippen molar-refractivity contribution in [1.82, 2.24) is 5.32 Å². The zero-order chi connectivity index (χ0) is 11.8. The van der Waals surface area contributed by atoms with E-state index in [0.29, 0.717) is 6.54 Å². The van der Waals surface area contributed by atoms with E-state index in [0.717, 1.165) is 12.0 Å². The van der Waals surface area contributed by atoms with Crippen LogP contribution in [0.4, 0.5) is 0 Å². The molecular formula is C13H18N2O. The smallest absolute Gasteiger partial charge is 0.244 e. The Morgan fingerprint density at radius 2 is 2.12 bits per heavy atom. The van der Waals surface area contributed by atoms with Crippen LogP contribution < -0.4 is 11.1 Å². The minimum absolute atomic E-state index is 0.0362. The van der Waals surface area contributed by atoms with Gasteiger partial charge in [-0.15, -0.1) is 0 Å². The zero-order valence-corrected chi connectivity index (χ0v) is 9.52. The SMILES string of the molecule is CCC(N)CNC(=O)C=Cc1ccccc1. The molecule has 0 spiro atoms. The summed E-state index contributed by atoms with van der Waals surface area (Å²) in [5, 5.41) is 2.75. The molecule has 0 saturated carbocycles. The van der Waals surface area contributed by atoms with Crippen molar-refractivity contribution in [3.05, 3.63) is 42.0 Å². The number of carbonyl (C=O) groups is 1. The Labute approximate surface area is 96.3 Å². The quantitative estimate of drug-likeness (QED) is 0.737. The molecule has 0 heterocycles. The van der Waals surface area contributed by atoms with Gasteiger partial charge in [0.1, 0.15) is 0 Å².